The zero-order valence-electron chi connectivity index (χ0n) is 21.1. The standard InChI is InChI=1S/C29H26FN7O2/c30-23-15-18(3-9-22(23)26(39)33-20-5-7-21(38)8-6-20)25-16-32-28-35-34-27(37(28)36-25)29(11-12-29)19-4-10-24-17(14-19)2-1-13-31-24/h1-4,9-10,13-16,20-21,38H,5-8,11-12H2,(H,33,39)/t20-,21-. The quantitative estimate of drug-likeness (QED) is 0.358. The van der Waals surface area contributed by atoms with Crippen molar-refractivity contribution in [2.75, 3.05) is 0 Å². The molecule has 0 radical (unpaired) electrons. The minimum atomic E-state index is -0.629. The van der Waals surface area contributed by atoms with Crippen LogP contribution in [0.4, 0.5) is 4.39 Å². The minimum absolute atomic E-state index is 0.0216. The lowest BCUT2D eigenvalue weighted by molar-refractivity contribution is 0.0864. The van der Waals surface area contributed by atoms with Crippen LogP contribution in [0.1, 0.15) is 60.3 Å². The van der Waals surface area contributed by atoms with E-state index in [0.29, 0.717) is 48.5 Å². The number of aromatic nitrogens is 6. The van der Waals surface area contributed by atoms with E-state index in [0.717, 1.165) is 29.3 Å². The monoisotopic (exact) mass is 523 g/mol. The summed E-state index contributed by atoms with van der Waals surface area (Å²) in [5, 5.41) is 27.1. The Kier molecular flexibility index (Phi) is 5.59. The number of halogens is 1. The number of benzene rings is 2. The van der Waals surface area contributed by atoms with E-state index in [9.17, 15) is 9.90 Å². The maximum absolute atomic E-state index is 15.1. The van der Waals surface area contributed by atoms with E-state index < -0.39 is 11.7 Å². The molecule has 2 saturated carbocycles. The van der Waals surface area contributed by atoms with Crippen molar-refractivity contribution < 1.29 is 14.3 Å². The Bertz CT molecular complexity index is 1720. The first kappa shape index (κ1) is 23.8. The van der Waals surface area contributed by atoms with Crippen LogP contribution in [0.2, 0.25) is 0 Å². The van der Waals surface area contributed by atoms with E-state index in [4.69, 9.17) is 5.10 Å². The van der Waals surface area contributed by atoms with Crippen molar-refractivity contribution in [3.8, 4) is 11.3 Å². The predicted molar refractivity (Wildman–Crippen MR) is 141 cm³/mol. The number of aliphatic hydroxyl groups excluding tert-OH is 1. The first-order valence-corrected chi connectivity index (χ1v) is 13.2. The molecule has 0 spiro atoms. The zero-order chi connectivity index (χ0) is 26.6. The molecular weight excluding hydrogens is 497 g/mol. The molecule has 2 fully saturated rings. The molecular formula is C29H26FN7O2. The van der Waals surface area contributed by atoms with Crippen molar-refractivity contribution in [3.63, 3.8) is 0 Å². The van der Waals surface area contributed by atoms with Crippen LogP contribution < -0.4 is 5.32 Å². The fraction of sp³-hybridized carbons (Fsp3) is 0.310. The Hall–Kier alpha value is -4.31. The summed E-state index contributed by atoms with van der Waals surface area (Å²) in [6.07, 6.45) is 7.45. The number of aliphatic hydroxyl groups is 1. The second kappa shape index (κ2) is 9.16. The predicted octanol–water partition coefficient (Wildman–Crippen LogP) is 3.99. The van der Waals surface area contributed by atoms with Gasteiger partial charge in [0.15, 0.2) is 5.82 Å². The number of hydrogen-bond donors (Lipinski definition) is 2. The molecule has 196 valence electrons. The zero-order valence-corrected chi connectivity index (χ0v) is 21.1. The maximum Gasteiger partial charge on any atom is 0.271 e. The normalized spacial score (nSPS) is 20.3. The van der Waals surface area contributed by atoms with Crippen molar-refractivity contribution in [1.82, 2.24) is 35.1 Å². The van der Waals surface area contributed by atoms with Gasteiger partial charge in [-0.05, 0) is 74.4 Å². The first-order valence-electron chi connectivity index (χ1n) is 13.2. The molecule has 0 unspecified atom stereocenters. The Morgan fingerprint density at radius 3 is 2.67 bits per heavy atom. The molecule has 3 heterocycles. The molecule has 39 heavy (non-hydrogen) atoms. The van der Waals surface area contributed by atoms with Gasteiger partial charge in [-0.15, -0.1) is 10.2 Å². The summed E-state index contributed by atoms with van der Waals surface area (Å²) < 4.78 is 16.7. The van der Waals surface area contributed by atoms with Crippen molar-refractivity contribution in [2.24, 2.45) is 0 Å². The molecule has 0 aliphatic heterocycles. The Labute approximate surface area is 223 Å². The lowest BCUT2D eigenvalue weighted by atomic mass is 9.93. The molecule has 0 atom stereocenters. The smallest absolute Gasteiger partial charge is 0.271 e. The lowest BCUT2D eigenvalue weighted by Gasteiger charge is -2.26. The van der Waals surface area contributed by atoms with Crippen LogP contribution in [0.5, 0.6) is 0 Å². The highest BCUT2D eigenvalue weighted by Gasteiger charge is 2.50. The average Bonchev–Trinajstić information content (AvgIpc) is 3.65. The van der Waals surface area contributed by atoms with Gasteiger partial charge in [-0.3, -0.25) is 9.78 Å². The molecule has 7 rings (SSSR count). The van der Waals surface area contributed by atoms with Gasteiger partial charge >= 0.3 is 0 Å². The molecule has 10 heteroatoms. The number of carbonyl (C=O) groups excluding carboxylic acids is 1. The fourth-order valence-corrected chi connectivity index (χ4v) is 5.61. The first-order chi connectivity index (χ1) is 19.0. The molecule has 2 N–H and O–H groups in total. The van der Waals surface area contributed by atoms with Gasteiger partial charge < -0.3 is 10.4 Å². The molecule has 0 bridgehead atoms. The minimum Gasteiger partial charge on any atom is -0.393 e. The van der Waals surface area contributed by atoms with E-state index in [2.05, 4.69) is 37.6 Å². The number of amides is 1. The van der Waals surface area contributed by atoms with E-state index in [1.807, 2.05) is 18.2 Å². The number of nitrogens with zero attached hydrogens (tertiary/aromatic N) is 6. The van der Waals surface area contributed by atoms with Crippen molar-refractivity contribution >= 4 is 22.6 Å². The molecule has 2 aromatic carbocycles. The number of rotatable bonds is 5. The summed E-state index contributed by atoms with van der Waals surface area (Å²) in [6.45, 7) is 0. The van der Waals surface area contributed by atoms with E-state index in [1.54, 1.807) is 16.8 Å². The number of carbonyl (C=O) groups is 1. The van der Waals surface area contributed by atoms with Gasteiger partial charge in [0, 0.05) is 23.2 Å². The van der Waals surface area contributed by atoms with Gasteiger partial charge in [0.05, 0.1) is 28.8 Å². The van der Waals surface area contributed by atoms with Gasteiger partial charge in [-0.2, -0.15) is 9.61 Å². The third-order valence-electron chi connectivity index (χ3n) is 8.01. The second-order valence-electron chi connectivity index (χ2n) is 10.5. The number of nitrogens with one attached hydrogen (secondary N) is 1. The second-order valence-corrected chi connectivity index (χ2v) is 10.5. The molecule has 2 aliphatic carbocycles. The number of hydrogen-bond acceptors (Lipinski definition) is 7. The summed E-state index contributed by atoms with van der Waals surface area (Å²) in [5.41, 5.74) is 2.67. The third kappa shape index (κ3) is 4.21. The van der Waals surface area contributed by atoms with E-state index in [-0.39, 0.29) is 23.1 Å². The summed E-state index contributed by atoms with van der Waals surface area (Å²) in [7, 11) is 0. The van der Waals surface area contributed by atoms with Crippen LogP contribution in [0.25, 0.3) is 27.9 Å². The highest BCUT2D eigenvalue weighted by Crippen LogP contribution is 2.53. The summed E-state index contributed by atoms with van der Waals surface area (Å²) >= 11 is 0. The van der Waals surface area contributed by atoms with Gasteiger partial charge in [0.1, 0.15) is 11.5 Å². The summed E-state index contributed by atoms with van der Waals surface area (Å²) in [6, 6.07) is 14.6. The Balaban J connectivity index is 1.18. The summed E-state index contributed by atoms with van der Waals surface area (Å²) in [5.74, 6) is -0.0137. The molecule has 3 aromatic heterocycles. The largest absolute Gasteiger partial charge is 0.393 e. The van der Waals surface area contributed by atoms with Crippen molar-refractivity contribution in [2.45, 2.75) is 56.1 Å². The van der Waals surface area contributed by atoms with Crippen LogP contribution in [-0.4, -0.2) is 52.9 Å². The maximum atomic E-state index is 15.1. The molecule has 9 nitrogen and oxygen atoms in total. The average molecular weight is 524 g/mol. The molecule has 1 amide bonds. The van der Waals surface area contributed by atoms with Crippen LogP contribution in [0.3, 0.4) is 0 Å². The number of pyridine rings is 1. The lowest BCUT2D eigenvalue weighted by Crippen LogP contribution is -2.38. The van der Waals surface area contributed by atoms with E-state index in [1.165, 1.54) is 18.3 Å². The van der Waals surface area contributed by atoms with Gasteiger partial charge in [0.2, 0.25) is 0 Å². The van der Waals surface area contributed by atoms with Gasteiger partial charge in [-0.25, -0.2) is 9.37 Å². The SMILES string of the molecule is O=C(N[C@H]1CC[C@H](O)CC1)c1ccc(-c2cnc3nnc(C4(c5ccc6ncccc6c5)CC4)n3n2)cc1F. The van der Waals surface area contributed by atoms with Crippen LogP contribution >= 0.6 is 0 Å². The highest BCUT2D eigenvalue weighted by molar-refractivity contribution is 5.95. The number of fused-ring (bicyclic) bond motifs is 2. The molecule has 2 aliphatic rings. The molecule has 0 saturated heterocycles. The topological polar surface area (TPSA) is 118 Å². The van der Waals surface area contributed by atoms with Crippen LogP contribution in [0, 0.1) is 5.82 Å². The molecule has 5 aromatic rings. The third-order valence-corrected chi connectivity index (χ3v) is 8.01. The van der Waals surface area contributed by atoms with Crippen LogP contribution in [0.15, 0.2) is 60.9 Å². The Morgan fingerprint density at radius 2 is 1.87 bits per heavy atom. The van der Waals surface area contributed by atoms with Crippen LogP contribution in [-0.2, 0) is 5.41 Å². The van der Waals surface area contributed by atoms with Crippen molar-refractivity contribution in [3.05, 3.63) is 83.7 Å². The van der Waals surface area contributed by atoms with Gasteiger partial charge in [0.25, 0.3) is 11.7 Å². The highest BCUT2D eigenvalue weighted by atomic mass is 19.1. The van der Waals surface area contributed by atoms with Gasteiger partial charge in [-0.1, -0.05) is 18.2 Å². The summed E-state index contributed by atoms with van der Waals surface area (Å²) in [4.78, 5) is 21.6. The van der Waals surface area contributed by atoms with E-state index >= 15 is 4.39 Å². The van der Waals surface area contributed by atoms with Crippen molar-refractivity contribution in [1.29, 1.82) is 0 Å². The fourth-order valence-electron chi connectivity index (χ4n) is 5.61. The Morgan fingerprint density at radius 1 is 1.03 bits per heavy atom.